The van der Waals surface area contributed by atoms with Crippen molar-refractivity contribution in [2.24, 2.45) is 10.8 Å². The number of nitrogens with two attached hydrogens (primary N) is 1. The summed E-state index contributed by atoms with van der Waals surface area (Å²) in [5, 5.41) is 13.0. The van der Waals surface area contributed by atoms with Crippen LogP contribution in [0, 0.1) is 5.53 Å². The molecule has 0 saturated carbocycles. The summed E-state index contributed by atoms with van der Waals surface area (Å²) in [7, 11) is 0. The van der Waals surface area contributed by atoms with E-state index in [1.807, 2.05) is 0 Å². The van der Waals surface area contributed by atoms with Gasteiger partial charge in [-0.1, -0.05) is 108 Å². The van der Waals surface area contributed by atoms with E-state index >= 15 is 0 Å². The maximum Gasteiger partial charge on any atom is 0.363 e. The van der Waals surface area contributed by atoms with Crippen molar-refractivity contribution in [2.75, 3.05) is 4.90 Å². The number of imide groups is 1. The maximum absolute atomic E-state index is 14.9. The third-order valence-electron chi connectivity index (χ3n) is 8.61. The summed E-state index contributed by atoms with van der Waals surface area (Å²) in [5.41, 5.74) is 13.8. The lowest BCUT2D eigenvalue weighted by Crippen LogP contribution is -2.56. The van der Waals surface area contributed by atoms with Gasteiger partial charge in [0.15, 0.2) is 17.4 Å². The second-order valence-corrected chi connectivity index (χ2v) is 12.2. The van der Waals surface area contributed by atoms with E-state index in [4.69, 9.17) is 16.1 Å². The fourth-order valence-electron chi connectivity index (χ4n) is 6.15. The van der Waals surface area contributed by atoms with E-state index in [9.17, 15) is 33.9 Å². The number of aliphatic carboxylic acids is 1. The van der Waals surface area contributed by atoms with Crippen LogP contribution in [0.25, 0.3) is 0 Å². The molecule has 4 aromatic rings. The second kappa shape index (κ2) is 16.0. The van der Waals surface area contributed by atoms with Crippen molar-refractivity contribution < 1.29 is 38.7 Å². The molecule has 4 amide bonds. The van der Waals surface area contributed by atoms with Gasteiger partial charge in [0, 0.05) is 18.7 Å². The minimum Gasteiger partial charge on any atom is -0.481 e. The SMILES string of the molecule is CC(=O)[C@@H](C(=O)ON1C(=O)N(Cc2ccccc2)[C@](Cc2ccccc2)(c2ccc(CN=N)cc2)C1=O)N(C(=O)[C@@H](N)CC(=O)O)c1ccccc1. The first kappa shape index (κ1) is 36.7. The van der Waals surface area contributed by atoms with Crippen LogP contribution in [0.4, 0.5) is 10.5 Å². The number of hydroxylamine groups is 2. The molecule has 14 nitrogen and oxygen atoms in total. The number of hydrogen-bond donors (Lipinski definition) is 3. The average molecular weight is 705 g/mol. The first-order valence-corrected chi connectivity index (χ1v) is 16.2. The Morgan fingerprint density at radius 1 is 0.846 bits per heavy atom. The van der Waals surface area contributed by atoms with Gasteiger partial charge in [-0.25, -0.2) is 15.1 Å². The molecule has 3 atom stereocenters. The Bertz CT molecular complexity index is 1960. The number of nitrogens with one attached hydrogen (secondary N) is 1. The van der Waals surface area contributed by atoms with Crippen molar-refractivity contribution in [1.82, 2.24) is 9.96 Å². The highest BCUT2D eigenvalue weighted by Crippen LogP contribution is 2.42. The average Bonchev–Trinajstić information content (AvgIpc) is 3.32. The molecule has 1 fully saturated rings. The molecule has 1 heterocycles. The van der Waals surface area contributed by atoms with Crippen LogP contribution in [0.15, 0.2) is 120 Å². The molecule has 0 bridgehead atoms. The number of ketones is 1. The zero-order chi connectivity index (χ0) is 37.4. The number of benzene rings is 4. The van der Waals surface area contributed by atoms with E-state index in [2.05, 4.69) is 5.11 Å². The van der Waals surface area contributed by atoms with Crippen molar-refractivity contribution in [3.63, 3.8) is 0 Å². The highest BCUT2D eigenvalue weighted by Gasteiger charge is 2.61. The third kappa shape index (κ3) is 7.61. The quantitative estimate of drug-likeness (QED) is 0.0912. The summed E-state index contributed by atoms with van der Waals surface area (Å²) in [6.07, 6.45) is -0.855. The van der Waals surface area contributed by atoms with E-state index in [0.717, 1.165) is 11.8 Å². The number of anilines is 1. The van der Waals surface area contributed by atoms with E-state index in [1.165, 1.54) is 29.2 Å². The number of rotatable bonds is 15. The Hall–Kier alpha value is -6.54. The number of urea groups is 1. The van der Waals surface area contributed by atoms with E-state index in [0.29, 0.717) is 27.3 Å². The van der Waals surface area contributed by atoms with Crippen LogP contribution >= 0.6 is 0 Å². The highest BCUT2D eigenvalue weighted by molar-refractivity contribution is 6.15. The Balaban J connectivity index is 1.62. The standard InChI is InChI=1S/C38H36N6O8/c1-25(45)33(43(30-15-9-4-10-16-30)34(48)31(39)21-32(46)47)35(49)52-44-36(50)38(22-26-11-5-2-6-12-26,29-19-17-27(18-20-29)23-41-40)42(37(44)51)24-28-13-7-3-8-14-28/h2-20,31,33,40H,21-24,39H2,1H3,(H,46,47)/t31-,33-,38+/m0/s1. The molecule has 0 aliphatic carbocycles. The predicted molar refractivity (Wildman–Crippen MR) is 186 cm³/mol. The Morgan fingerprint density at radius 2 is 1.40 bits per heavy atom. The van der Waals surface area contributed by atoms with Crippen molar-refractivity contribution in [2.45, 2.75) is 50.5 Å². The van der Waals surface area contributed by atoms with Crippen molar-refractivity contribution >= 4 is 41.3 Å². The molecule has 1 aliphatic heterocycles. The lowest BCUT2D eigenvalue weighted by Gasteiger charge is -2.36. The normalized spacial score (nSPS) is 16.6. The third-order valence-corrected chi connectivity index (χ3v) is 8.61. The number of amides is 4. The number of carboxylic acids is 1. The van der Waals surface area contributed by atoms with Gasteiger partial charge in [0.25, 0.3) is 5.91 Å². The summed E-state index contributed by atoms with van der Waals surface area (Å²) in [6, 6.07) is 27.3. The molecule has 0 aromatic heterocycles. The van der Waals surface area contributed by atoms with E-state index in [-0.39, 0.29) is 25.2 Å². The van der Waals surface area contributed by atoms with Gasteiger partial charge in [-0.05, 0) is 41.3 Å². The van der Waals surface area contributed by atoms with Crippen molar-refractivity contribution in [3.8, 4) is 0 Å². The Kier molecular flexibility index (Phi) is 11.3. The Labute approximate surface area is 298 Å². The van der Waals surface area contributed by atoms with Crippen LogP contribution < -0.4 is 10.6 Å². The minimum absolute atomic E-state index is 0.0215. The van der Waals surface area contributed by atoms with Gasteiger partial charge < -0.3 is 15.7 Å². The molecule has 1 saturated heterocycles. The lowest BCUT2D eigenvalue weighted by molar-refractivity contribution is -0.186. The fraction of sp³-hybridized carbons (Fsp3) is 0.211. The monoisotopic (exact) mass is 704 g/mol. The van der Waals surface area contributed by atoms with Crippen molar-refractivity contribution in [3.05, 3.63) is 138 Å². The van der Waals surface area contributed by atoms with E-state index in [1.54, 1.807) is 91.0 Å². The molecule has 1 aliphatic rings. The molecule has 14 heteroatoms. The number of nitrogens with zero attached hydrogens (tertiary/aromatic N) is 4. The van der Waals surface area contributed by atoms with Crippen LogP contribution in [0.3, 0.4) is 0 Å². The van der Waals surface area contributed by atoms with Crippen LogP contribution in [0.2, 0.25) is 0 Å². The molecule has 4 N–H and O–H groups in total. The lowest BCUT2D eigenvalue weighted by atomic mass is 9.81. The molecule has 266 valence electrons. The van der Waals surface area contributed by atoms with E-state index < -0.39 is 59.6 Å². The summed E-state index contributed by atoms with van der Waals surface area (Å²) in [4.78, 5) is 89.2. The van der Waals surface area contributed by atoms with Gasteiger partial charge in [-0.3, -0.25) is 29.0 Å². The number of carbonyl (C=O) groups excluding carboxylic acids is 5. The van der Waals surface area contributed by atoms with Gasteiger partial charge >= 0.3 is 18.0 Å². The zero-order valence-electron chi connectivity index (χ0n) is 28.1. The predicted octanol–water partition coefficient (Wildman–Crippen LogP) is 4.37. The Morgan fingerprint density at radius 3 is 1.94 bits per heavy atom. The number of Topliss-reactive ketones (excluding diaryl/α,β-unsaturated/α-hetero) is 1. The summed E-state index contributed by atoms with van der Waals surface area (Å²) in [6.45, 7) is 1.01. The topological polar surface area (TPSA) is 204 Å². The number of carbonyl (C=O) groups is 6. The molecule has 52 heavy (non-hydrogen) atoms. The summed E-state index contributed by atoms with van der Waals surface area (Å²) in [5.74, 6) is -5.76. The molecular formula is C38H36N6O8. The second-order valence-electron chi connectivity index (χ2n) is 12.2. The van der Waals surface area contributed by atoms with Crippen LogP contribution in [0.5, 0.6) is 0 Å². The molecule has 4 aromatic carbocycles. The summed E-state index contributed by atoms with van der Waals surface area (Å²) >= 11 is 0. The molecule has 0 radical (unpaired) electrons. The molecule has 5 rings (SSSR count). The molecule has 0 spiro atoms. The van der Waals surface area contributed by atoms with Gasteiger partial charge in [0.2, 0.25) is 5.91 Å². The highest BCUT2D eigenvalue weighted by atomic mass is 16.7. The maximum atomic E-state index is 14.9. The zero-order valence-corrected chi connectivity index (χ0v) is 28.1. The minimum atomic E-state index is -2.06. The smallest absolute Gasteiger partial charge is 0.363 e. The number of carboxylic acid groups (broad SMARTS) is 1. The van der Waals surface area contributed by atoms with Gasteiger partial charge in [-0.15, -0.1) is 0 Å². The van der Waals surface area contributed by atoms with Crippen molar-refractivity contribution in [1.29, 1.82) is 5.53 Å². The van der Waals surface area contributed by atoms with Gasteiger partial charge in [0.05, 0.1) is 19.0 Å². The first-order chi connectivity index (χ1) is 25.0. The first-order valence-electron chi connectivity index (χ1n) is 16.2. The van der Waals surface area contributed by atoms with Crippen LogP contribution in [-0.4, -0.2) is 62.7 Å². The molecular weight excluding hydrogens is 668 g/mol. The van der Waals surface area contributed by atoms with Crippen LogP contribution in [-0.2, 0) is 53.9 Å². The number of hydrogen-bond acceptors (Lipinski definition) is 10. The van der Waals surface area contributed by atoms with Gasteiger partial charge in [-0.2, -0.15) is 5.11 Å². The summed E-state index contributed by atoms with van der Waals surface area (Å²) < 4.78 is 0. The fourth-order valence-corrected chi connectivity index (χ4v) is 6.15. The molecule has 0 unspecified atom stereocenters. The van der Waals surface area contributed by atoms with Gasteiger partial charge in [0.1, 0.15) is 0 Å². The largest absolute Gasteiger partial charge is 0.481 e. The number of para-hydroxylation sites is 1. The van der Waals surface area contributed by atoms with Crippen LogP contribution in [0.1, 0.15) is 35.6 Å².